The highest BCUT2D eigenvalue weighted by Gasteiger charge is 2.53. The summed E-state index contributed by atoms with van der Waals surface area (Å²) >= 11 is 0. The topological polar surface area (TPSA) is 46.1 Å². The van der Waals surface area contributed by atoms with E-state index in [-0.39, 0.29) is 30.1 Å². The molecular weight excluding hydrogens is 381 g/mol. The zero-order valence-corrected chi connectivity index (χ0v) is 15.5. The number of morpholine rings is 1. The molecule has 1 saturated heterocycles. The van der Waals surface area contributed by atoms with Gasteiger partial charge in [-0.3, -0.25) is 4.99 Å². The Balaban J connectivity index is 0.00000161. The SMILES string of the molecule is CN=C(NCC1(C2CC2)CC1)N1CCOC(COC)C1.I. The van der Waals surface area contributed by atoms with Gasteiger partial charge in [0.1, 0.15) is 0 Å². The summed E-state index contributed by atoms with van der Waals surface area (Å²) < 4.78 is 10.9. The lowest BCUT2D eigenvalue weighted by molar-refractivity contribution is -0.0447. The second-order valence-corrected chi connectivity index (χ2v) is 6.43. The van der Waals surface area contributed by atoms with E-state index >= 15 is 0 Å². The molecule has 0 spiro atoms. The Hall–Kier alpha value is -0.0800. The van der Waals surface area contributed by atoms with Crippen molar-refractivity contribution < 1.29 is 9.47 Å². The minimum Gasteiger partial charge on any atom is -0.382 e. The molecule has 0 amide bonds. The Morgan fingerprint density at radius 1 is 1.43 bits per heavy atom. The minimum absolute atomic E-state index is 0. The van der Waals surface area contributed by atoms with E-state index in [1.165, 1.54) is 25.7 Å². The number of ether oxygens (including phenoxy) is 2. The van der Waals surface area contributed by atoms with Gasteiger partial charge in [-0.15, -0.1) is 24.0 Å². The minimum atomic E-state index is 0. The molecule has 1 heterocycles. The second kappa shape index (κ2) is 7.46. The average molecular weight is 409 g/mol. The Morgan fingerprint density at radius 2 is 2.19 bits per heavy atom. The first-order valence-electron chi connectivity index (χ1n) is 7.83. The van der Waals surface area contributed by atoms with Crippen LogP contribution in [0.4, 0.5) is 0 Å². The number of rotatable bonds is 5. The summed E-state index contributed by atoms with van der Waals surface area (Å²) in [6.07, 6.45) is 5.83. The molecule has 0 aromatic heterocycles. The standard InChI is InChI=1S/C15H27N3O2.HI/c1-16-14(17-11-15(5-6-15)12-3-4-12)18-7-8-20-13(9-18)10-19-2;/h12-13H,3-11H2,1-2H3,(H,16,17);1H. The number of methoxy groups -OCH3 is 1. The normalized spacial score (nSPS) is 28.0. The van der Waals surface area contributed by atoms with Gasteiger partial charge in [0.05, 0.1) is 19.3 Å². The first-order valence-corrected chi connectivity index (χ1v) is 7.83. The van der Waals surface area contributed by atoms with Crippen LogP contribution in [0.25, 0.3) is 0 Å². The van der Waals surface area contributed by atoms with E-state index in [2.05, 4.69) is 15.2 Å². The van der Waals surface area contributed by atoms with Crippen LogP contribution < -0.4 is 5.32 Å². The summed E-state index contributed by atoms with van der Waals surface area (Å²) in [6.45, 7) is 4.28. The first-order chi connectivity index (χ1) is 9.77. The predicted molar refractivity (Wildman–Crippen MR) is 94.4 cm³/mol. The average Bonchev–Trinajstić information content (AvgIpc) is 3.34. The van der Waals surface area contributed by atoms with Gasteiger partial charge in [0.25, 0.3) is 0 Å². The summed E-state index contributed by atoms with van der Waals surface area (Å²) in [7, 11) is 3.60. The van der Waals surface area contributed by atoms with Crippen molar-refractivity contribution in [2.45, 2.75) is 31.8 Å². The Bertz CT molecular complexity index is 368. The van der Waals surface area contributed by atoms with Crippen LogP contribution in [0, 0.1) is 11.3 Å². The maximum Gasteiger partial charge on any atom is 0.193 e. The van der Waals surface area contributed by atoms with Crippen molar-refractivity contribution in [3.63, 3.8) is 0 Å². The Labute approximate surface area is 144 Å². The van der Waals surface area contributed by atoms with Crippen LogP contribution in [0.5, 0.6) is 0 Å². The smallest absolute Gasteiger partial charge is 0.193 e. The van der Waals surface area contributed by atoms with Gasteiger partial charge in [-0.05, 0) is 37.0 Å². The zero-order chi connectivity index (χ0) is 14.0. The van der Waals surface area contributed by atoms with E-state index in [4.69, 9.17) is 9.47 Å². The van der Waals surface area contributed by atoms with Gasteiger partial charge in [0, 0.05) is 33.8 Å². The molecule has 1 aliphatic heterocycles. The fourth-order valence-corrected chi connectivity index (χ4v) is 3.37. The molecule has 1 N–H and O–H groups in total. The van der Waals surface area contributed by atoms with Crippen molar-refractivity contribution in [2.24, 2.45) is 16.3 Å². The van der Waals surface area contributed by atoms with Crippen molar-refractivity contribution in [2.75, 3.05) is 47.0 Å². The summed E-state index contributed by atoms with van der Waals surface area (Å²) in [4.78, 5) is 6.75. The molecule has 3 aliphatic rings. The molecule has 2 saturated carbocycles. The number of aliphatic imine (C=N–C) groups is 1. The summed E-state index contributed by atoms with van der Waals surface area (Å²) in [6, 6.07) is 0. The molecule has 2 aliphatic carbocycles. The van der Waals surface area contributed by atoms with E-state index in [9.17, 15) is 0 Å². The molecule has 3 rings (SSSR count). The lowest BCUT2D eigenvalue weighted by atomic mass is 10.0. The van der Waals surface area contributed by atoms with E-state index in [1.54, 1.807) is 7.11 Å². The molecule has 6 heteroatoms. The van der Waals surface area contributed by atoms with Gasteiger partial charge in [0.2, 0.25) is 0 Å². The van der Waals surface area contributed by atoms with Crippen molar-refractivity contribution in [3.8, 4) is 0 Å². The number of hydrogen-bond acceptors (Lipinski definition) is 3. The zero-order valence-electron chi connectivity index (χ0n) is 13.1. The van der Waals surface area contributed by atoms with Crippen LogP contribution in [0.2, 0.25) is 0 Å². The molecule has 5 nitrogen and oxygen atoms in total. The number of nitrogens with zero attached hydrogens (tertiary/aromatic N) is 2. The van der Waals surface area contributed by atoms with Gasteiger partial charge < -0.3 is 19.7 Å². The van der Waals surface area contributed by atoms with E-state index in [1.807, 2.05) is 7.05 Å². The molecule has 1 unspecified atom stereocenters. The highest BCUT2D eigenvalue weighted by Crippen LogP contribution is 2.60. The van der Waals surface area contributed by atoms with Gasteiger partial charge in [-0.1, -0.05) is 0 Å². The van der Waals surface area contributed by atoms with Crippen LogP contribution in [0.1, 0.15) is 25.7 Å². The monoisotopic (exact) mass is 409 g/mol. The highest BCUT2D eigenvalue weighted by molar-refractivity contribution is 14.0. The van der Waals surface area contributed by atoms with Crippen molar-refractivity contribution in [3.05, 3.63) is 0 Å². The fraction of sp³-hybridized carbons (Fsp3) is 0.933. The quantitative estimate of drug-likeness (QED) is 0.427. The third-order valence-corrected chi connectivity index (χ3v) is 4.94. The maximum atomic E-state index is 5.70. The van der Waals surface area contributed by atoms with Crippen LogP contribution in [0.3, 0.4) is 0 Å². The maximum absolute atomic E-state index is 5.70. The number of halogens is 1. The van der Waals surface area contributed by atoms with Crippen LogP contribution in [-0.4, -0.2) is 64.0 Å². The van der Waals surface area contributed by atoms with Crippen LogP contribution in [-0.2, 0) is 9.47 Å². The number of guanidine groups is 1. The molecule has 3 fully saturated rings. The van der Waals surface area contributed by atoms with Gasteiger partial charge >= 0.3 is 0 Å². The molecule has 0 aromatic carbocycles. The van der Waals surface area contributed by atoms with Crippen molar-refractivity contribution in [1.82, 2.24) is 10.2 Å². The third kappa shape index (κ3) is 4.22. The van der Waals surface area contributed by atoms with E-state index in [0.29, 0.717) is 12.0 Å². The van der Waals surface area contributed by atoms with Crippen LogP contribution >= 0.6 is 24.0 Å². The Morgan fingerprint density at radius 3 is 2.76 bits per heavy atom. The van der Waals surface area contributed by atoms with E-state index in [0.717, 1.165) is 38.1 Å². The number of hydrogen-bond donors (Lipinski definition) is 1. The highest BCUT2D eigenvalue weighted by atomic mass is 127. The Kier molecular flexibility index (Phi) is 6.14. The molecule has 1 atom stereocenters. The van der Waals surface area contributed by atoms with Crippen LogP contribution in [0.15, 0.2) is 4.99 Å². The summed E-state index contributed by atoms with van der Waals surface area (Å²) in [5, 5.41) is 3.61. The molecule has 0 radical (unpaired) electrons. The first kappa shape index (κ1) is 17.3. The van der Waals surface area contributed by atoms with Crippen molar-refractivity contribution >= 4 is 29.9 Å². The largest absolute Gasteiger partial charge is 0.382 e. The third-order valence-electron chi connectivity index (χ3n) is 4.94. The fourth-order valence-electron chi connectivity index (χ4n) is 3.37. The van der Waals surface area contributed by atoms with Gasteiger partial charge in [0.15, 0.2) is 5.96 Å². The van der Waals surface area contributed by atoms with Crippen molar-refractivity contribution in [1.29, 1.82) is 0 Å². The lowest BCUT2D eigenvalue weighted by Crippen LogP contribution is -2.52. The summed E-state index contributed by atoms with van der Waals surface area (Å²) in [5.74, 6) is 2.01. The second-order valence-electron chi connectivity index (χ2n) is 6.43. The lowest BCUT2D eigenvalue weighted by Gasteiger charge is -2.35. The molecule has 0 aromatic rings. The molecule has 0 bridgehead atoms. The van der Waals surface area contributed by atoms with Gasteiger partial charge in [-0.2, -0.15) is 0 Å². The predicted octanol–water partition coefficient (Wildman–Crippen LogP) is 1.72. The molecular formula is C15H28IN3O2. The number of nitrogens with one attached hydrogen (secondary N) is 1. The van der Waals surface area contributed by atoms with E-state index < -0.39 is 0 Å². The summed E-state index contributed by atoms with van der Waals surface area (Å²) in [5.41, 5.74) is 0.605. The van der Waals surface area contributed by atoms with Gasteiger partial charge in [-0.25, -0.2) is 0 Å². The molecule has 122 valence electrons. The molecule has 21 heavy (non-hydrogen) atoms.